The first kappa shape index (κ1) is 17.0. The van der Waals surface area contributed by atoms with Gasteiger partial charge in [-0.2, -0.15) is 0 Å². The number of amides is 1. The number of carbonyl (C=O) groups is 1. The molecule has 1 amide bonds. The normalized spacial score (nSPS) is 16.1. The summed E-state index contributed by atoms with van der Waals surface area (Å²) >= 11 is 1.36. The Hall–Kier alpha value is -2.88. The van der Waals surface area contributed by atoms with Crippen molar-refractivity contribution >= 4 is 33.8 Å². The molecule has 0 unspecified atom stereocenters. The van der Waals surface area contributed by atoms with E-state index >= 15 is 0 Å². The smallest absolute Gasteiger partial charge is 0.289 e. The highest BCUT2D eigenvalue weighted by Crippen LogP contribution is 2.33. The zero-order chi connectivity index (χ0) is 18.1. The Morgan fingerprint density at radius 3 is 2.76 bits per heavy atom. The number of aromatic nitrogens is 1. The van der Waals surface area contributed by atoms with Crippen LogP contribution in [0.1, 0.15) is 34.3 Å². The first-order chi connectivity index (χ1) is 11.8. The number of nitro benzene ring substituents is 2. The Kier molecular flexibility index (Phi) is 4.45. The van der Waals surface area contributed by atoms with Crippen LogP contribution < -0.4 is 5.32 Å². The third-order valence-electron chi connectivity index (χ3n) is 4.04. The summed E-state index contributed by atoms with van der Waals surface area (Å²) in [6.45, 7) is 2.15. The molecule has 1 aromatic carbocycles. The number of nitrogens with one attached hydrogen (secondary N) is 1. The number of nitrogens with zero attached hydrogens (tertiary/aromatic N) is 3. The fourth-order valence-electron chi connectivity index (χ4n) is 2.73. The van der Waals surface area contributed by atoms with Crippen LogP contribution in [0, 0.1) is 26.1 Å². The van der Waals surface area contributed by atoms with Crippen LogP contribution in [0.4, 0.5) is 16.5 Å². The molecule has 0 fully saturated rings. The Balaban J connectivity index is 1.86. The van der Waals surface area contributed by atoms with E-state index < -0.39 is 27.1 Å². The maximum Gasteiger partial charge on any atom is 0.289 e. The van der Waals surface area contributed by atoms with E-state index in [2.05, 4.69) is 17.2 Å². The zero-order valence-corrected chi connectivity index (χ0v) is 14.0. The zero-order valence-electron chi connectivity index (χ0n) is 13.2. The van der Waals surface area contributed by atoms with Crippen molar-refractivity contribution in [2.45, 2.75) is 26.2 Å². The molecule has 0 saturated heterocycles. The first-order valence-electron chi connectivity index (χ1n) is 7.58. The number of hydrogen-bond acceptors (Lipinski definition) is 7. The van der Waals surface area contributed by atoms with Gasteiger partial charge in [0.25, 0.3) is 17.3 Å². The maximum absolute atomic E-state index is 12.4. The van der Waals surface area contributed by atoms with E-state index in [1.807, 2.05) is 0 Å². The van der Waals surface area contributed by atoms with Crippen LogP contribution >= 0.6 is 11.3 Å². The lowest BCUT2D eigenvalue weighted by atomic mass is 9.93. The van der Waals surface area contributed by atoms with Gasteiger partial charge >= 0.3 is 0 Å². The highest BCUT2D eigenvalue weighted by atomic mass is 32.1. The lowest BCUT2D eigenvalue weighted by molar-refractivity contribution is -0.394. The monoisotopic (exact) mass is 362 g/mol. The highest BCUT2D eigenvalue weighted by molar-refractivity contribution is 7.15. The number of nitro groups is 2. The van der Waals surface area contributed by atoms with Crippen molar-refractivity contribution in [1.29, 1.82) is 0 Å². The molecule has 2 aromatic rings. The van der Waals surface area contributed by atoms with Crippen molar-refractivity contribution < 1.29 is 14.6 Å². The molecule has 3 rings (SSSR count). The SMILES string of the molecule is C[C@@H]1CCc2nc(NC(=O)c3ccc([N+](=O)[O-])cc3[N+](=O)[O-])sc2C1. The standard InChI is InChI=1S/C15H14N4O5S/c1-8-2-5-11-13(6-8)25-15(16-11)17-14(20)10-4-3-9(18(21)22)7-12(10)19(23)24/h3-4,7-8H,2,5-6H2,1H3,(H,16,17,20)/t8-/m1/s1. The lowest BCUT2D eigenvalue weighted by Gasteiger charge is -2.15. The van der Waals surface area contributed by atoms with Gasteiger partial charge in [-0.25, -0.2) is 4.98 Å². The third kappa shape index (κ3) is 3.48. The average Bonchev–Trinajstić information content (AvgIpc) is 2.95. The van der Waals surface area contributed by atoms with Gasteiger partial charge in [-0.15, -0.1) is 11.3 Å². The summed E-state index contributed by atoms with van der Waals surface area (Å²) in [7, 11) is 0. The van der Waals surface area contributed by atoms with E-state index in [0.717, 1.165) is 48.0 Å². The van der Waals surface area contributed by atoms with E-state index in [9.17, 15) is 25.0 Å². The predicted octanol–water partition coefficient (Wildman–Crippen LogP) is 3.34. The summed E-state index contributed by atoms with van der Waals surface area (Å²) in [6.07, 6.45) is 2.79. The number of rotatable bonds is 4. The minimum Gasteiger partial charge on any atom is -0.298 e. The Bertz CT molecular complexity index is 879. The molecule has 0 aliphatic heterocycles. The van der Waals surface area contributed by atoms with E-state index in [1.54, 1.807) is 0 Å². The number of aryl methyl sites for hydroxylation is 1. The summed E-state index contributed by atoms with van der Waals surface area (Å²) in [6, 6.07) is 2.93. The van der Waals surface area contributed by atoms with Crippen LogP contribution in [0.5, 0.6) is 0 Å². The van der Waals surface area contributed by atoms with Gasteiger partial charge < -0.3 is 0 Å². The maximum atomic E-state index is 12.4. The van der Waals surface area contributed by atoms with Crippen molar-refractivity contribution in [1.82, 2.24) is 4.98 Å². The van der Waals surface area contributed by atoms with Crippen molar-refractivity contribution in [3.63, 3.8) is 0 Å². The second kappa shape index (κ2) is 6.55. The molecule has 0 spiro atoms. The second-order valence-corrected chi connectivity index (χ2v) is 6.99. The van der Waals surface area contributed by atoms with E-state index in [-0.39, 0.29) is 5.56 Å². The van der Waals surface area contributed by atoms with Gasteiger partial charge in [-0.1, -0.05) is 6.92 Å². The molecule has 1 N–H and O–H groups in total. The van der Waals surface area contributed by atoms with Crippen molar-refractivity contribution in [2.24, 2.45) is 5.92 Å². The molecular formula is C15H14N4O5S. The molecule has 25 heavy (non-hydrogen) atoms. The predicted molar refractivity (Wildman–Crippen MR) is 91.0 cm³/mol. The number of carbonyl (C=O) groups excluding carboxylic acids is 1. The van der Waals surface area contributed by atoms with Gasteiger partial charge in [-0.3, -0.25) is 30.3 Å². The largest absolute Gasteiger partial charge is 0.298 e. The summed E-state index contributed by atoms with van der Waals surface area (Å²) in [5, 5.41) is 24.9. The van der Waals surface area contributed by atoms with Crippen LogP contribution in [-0.2, 0) is 12.8 Å². The Morgan fingerprint density at radius 2 is 2.08 bits per heavy atom. The van der Waals surface area contributed by atoms with E-state index in [0.29, 0.717) is 11.0 Å². The molecule has 130 valence electrons. The molecule has 1 atom stereocenters. The first-order valence-corrected chi connectivity index (χ1v) is 8.39. The minimum absolute atomic E-state index is 0.239. The van der Waals surface area contributed by atoms with Gasteiger partial charge in [0.05, 0.1) is 21.6 Å². The van der Waals surface area contributed by atoms with Gasteiger partial charge in [0, 0.05) is 10.9 Å². The Labute approximate surface area is 146 Å². The number of benzene rings is 1. The van der Waals surface area contributed by atoms with Crippen LogP contribution in [0.15, 0.2) is 18.2 Å². The minimum atomic E-state index is -0.809. The highest BCUT2D eigenvalue weighted by Gasteiger charge is 2.26. The van der Waals surface area contributed by atoms with Crippen molar-refractivity contribution in [3.05, 3.63) is 54.6 Å². The van der Waals surface area contributed by atoms with Gasteiger partial charge in [-0.05, 0) is 31.2 Å². The van der Waals surface area contributed by atoms with Crippen LogP contribution in [-0.4, -0.2) is 20.7 Å². The van der Waals surface area contributed by atoms with Crippen LogP contribution in [0.3, 0.4) is 0 Å². The fraction of sp³-hybridized carbons (Fsp3) is 0.333. The van der Waals surface area contributed by atoms with Gasteiger partial charge in [0.2, 0.25) is 0 Å². The van der Waals surface area contributed by atoms with Gasteiger partial charge in [0.15, 0.2) is 5.13 Å². The summed E-state index contributed by atoms with van der Waals surface area (Å²) < 4.78 is 0. The number of thiazole rings is 1. The van der Waals surface area contributed by atoms with E-state index in [1.165, 1.54) is 11.3 Å². The number of hydrogen-bond donors (Lipinski definition) is 1. The Morgan fingerprint density at radius 1 is 1.32 bits per heavy atom. The number of fused-ring (bicyclic) bond motifs is 1. The molecule has 9 nitrogen and oxygen atoms in total. The molecule has 1 heterocycles. The average molecular weight is 362 g/mol. The summed E-state index contributed by atoms with van der Waals surface area (Å²) in [5.41, 5.74) is -0.336. The quantitative estimate of drug-likeness (QED) is 0.656. The number of anilines is 1. The van der Waals surface area contributed by atoms with Gasteiger partial charge in [0.1, 0.15) is 5.56 Å². The number of non-ortho nitro benzene ring substituents is 1. The van der Waals surface area contributed by atoms with Crippen molar-refractivity contribution in [3.8, 4) is 0 Å². The topological polar surface area (TPSA) is 128 Å². The van der Waals surface area contributed by atoms with Crippen molar-refractivity contribution in [2.75, 3.05) is 5.32 Å². The fourth-order valence-corrected chi connectivity index (χ4v) is 3.90. The third-order valence-corrected chi connectivity index (χ3v) is 5.08. The molecule has 1 aromatic heterocycles. The lowest BCUT2D eigenvalue weighted by Crippen LogP contribution is -2.14. The summed E-state index contributed by atoms with van der Waals surface area (Å²) in [4.78, 5) is 38.2. The molecule has 1 aliphatic rings. The summed E-state index contributed by atoms with van der Waals surface area (Å²) in [5.74, 6) is -0.145. The molecule has 10 heteroatoms. The second-order valence-electron chi connectivity index (χ2n) is 5.91. The van der Waals surface area contributed by atoms with E-state index in [4.69, 9.17) is 0 Å². The molecule has 1 aliphatic carbocycles. The molecular weight excluding hydrogens is 348 g/mol. The molecule has 0 bridgehead atoms. The van der Waals surface area contributed by atoms with Crippen LogP contribution in [0.2, 0.25) is 0 Å². The molecule has 0 saturated carbocycles. The van der Waals surface area contributed by atoms with Crippen LogP contribution in [0.25, 0.3) is 0 Å². The molecule has 0 radical (unpaired) electrons.